The van der Waals surface area contributed by atoms with Gasteiger partial charge in [0.1, 0.15) is 16.6 Å². The number of aryl methyl sites for hydroxylation is 1. The molecule has 0 radical (unpaired) electrons. The van der Waals surface area contributed by atoms with E-state index in [0.29, 0.717) is 29.8 Å². The summed E-state index contributed by atoms with van der Waals surface area (Å²) in [5, 5.41) is 5.33. The number of anilines is 1. The van der Waals surface area contributed by atoms with Gasteiger partial charge in [-0.2, -0.15) is 0 Å². The molecule has 1 N–H and O–H groups in total. The molecule has 0 atom stereocenters. The number of para-hydroxylation sites is 1. The quantitative estimate of drug-likeness (QED) is 0.753. The molecular weight excluding hydrogens is 339 g/mol. The number of aromatic nitrogens is 1. The number of carbonyl (C=O) groups is 1. The van der Waals surface area contributed by atoms with E-state index in [1.165, 1.54) is 17.4 Å². The van der Waals surface area contributed by atoms with E-state index in [0.717, 1.165) is 21.9 Å². The van der Waals surface area contributed by atoms with Gasteiger partial charge < -0.3 is 10.1 Å². The third-order valence-electron chi connectivity index (χ3n) is 4.21. The van der Waals surface area contributed by atoms with Crippen LogP contribution in [0.2, 0.25) is 0 Å². The first-order valence-electron chi connectivity index (χ1n) is 7.87. The highest BCUT2D eigenvalue weighted by Gasteiger charge is 2.20. The van der Waals surface area contributed by atoms with Crippen LogP contribution in [0.4, 0.5) is 10.1 Å². The maximum absolute atomic E-state index is 14.5. The smallest absolute Gasteiger partial charge is 0.224 e. The fourth-order valence-electron chi connectivity index (χ4n) is 2.94. The number of fused-ring (bicyclic) bond motifs is 1. The molecule has 25 heavy (non-hydrogen) atoms. The van der Waals surface area contributed by atoms with Crippen molar-refractivity contribution in [2.45, 2.75) is 12.8 Å². The van der Waals surface area contributed by atoms with Crippen LogP contribution in [0.5, 0.6) is 5.75 Å². The van der Waals surface area contributed by atoms with E-state index < -0.39 is 5.82 Å². The molecule has 6 heteroatoms. The van der Waals surface area contributed by atoms with Gasteiger partial charge in [-0.3, -0.25) is 4.79 Å². The Balaban J connectivity index is 1.74. The standard InChI is InChI=1S/C19H15FN2O2S/c1-24-17-5-3-2-4-12(17)19-22-16(10-25-19)13-8-11-6-7-18(23)21-15(11)9-14(13)20/h2-5,8-10H,6-7H2,1H3,(H,21,23). The number of thiazole rings is 1. The Morgan fingerprint density at radius 1 is 1.20 bits per heavy atom. The number of hydrogen-bond donors (Lipinski definition) is 1. The molecule has 0 bridgehead atoms. The van der Waals surface area contributed by atoms with Gasteiger partial charge in [0, 0.05) is 23.1 Å². The molecule has 4 rings (SSSR count). The Kier molecular flexibility index (Phi) is 3.97. The van der Waals surface area contributed by atoms with Crippen LogP contribution in [0.25, 0.3) is 21.8 Å². The van der Waals surface area contributed by atoms with Crippen molar-refractivity contribution in [1.82, 2.24) is 4.98 Å². The molecule has 126 valence electrons. The number of carbonyl (C=O) groups excluding carboxylic acids is 1. The first-order chi connectivity index (χ1) is 12.2. The van der Waals surface area contributed by atoms with E-state index in [1.807, 2.05) is 29.6 Å². The Hall–Kier alpha value is -2.73. The zero-order valence-electron chi connectivity index (χ0n) is 13.5. The number of hydrogen-bond acceptors (Lipinski definition) is 4. The summed E-state index contributed by atoms with van der Waals surface area (Å²) in [6, 6.07) is 10.8. The van der Waals surface area contributed by atoms with Crippen molar-refractivity contribution < 1.29 is 13.9 Å². The minimum Gasteiger partial charge on any atom is -0.496 e. The molecule has 4 nitrogen and oxygen atoms in total. The number of rotatable bonds is 3. The van der Waals surface area contributed by atoms with Gasteiger partial charge in [0.15, 0.2) is 0 Å². The van der Waals surface area contributed by atoms with Crippen LogP contribution in [-0.4, -0.2) is 18.0 Å². The average molecular weight is 354 g/mol. The summed E-state index contributed by atoms with van der Waals surface area (Å²) >= 11 is 1.45. The van der Waals surface area contributed by atoms with Crippen LogP contribution in [0.15, 0.2) is 41.8 Å². The summed E-state index contributed by atoms with van der Waals surface area (Å²) in [4.78, 5) is 16.1. The van der Waals surface area contributed by atoms with Crippen molar-refractivity contribution >= 4 is 22.9 Å². The fraction of sp³-hybridized carbons (Fsp3) is 0.158. The Morgan fingerprint density at radius 2 is 2.04 bits per heavy atom. The molecule has 1 aliphatic rings. The number of benzene rings is 2. The van der Waals surface area contributed by atoms with Gasteiger partial charge in [0.05, 0.1) is 18.4 Å². The number of nitrogens with zero attached hydrogens (tertiary/aromatic N) is 1. The van der Waals surface area contributed by atoms with Crippen molar-refractivity contribution in [3.05, 3.63) is 53.2 Å². The summed E-state index contributed by atoms with van der Waals surface area (Å²) in [6.07, 6.45) is 1.03. The molecule has 0 unspecified atom stereocenters. The van der Waals surface area contributed by atoms with Crippen LogP contribution in [0, 0.1) is 5.82 Å². The highest BCUT2D eigenvalue weighted by Crippen LogP contribution is 2.36. The molecule has 0 spiro atoms. The van der Waals surface area contributed by atoms with Gasteiger partial charge in [-0.15, -0.1) is 11.3 Å². The number of halogens is 1. The maximum atomic E-state index is 14.5. The van der Waals surface area contributed by atoms with Gasteiger partial charge in [0.25, 0.3) is 0 Å². The second-order valence-corrected chi connectivity index (χ2v) is 6.63. The highest BCUT2D eigenvalue weighted by atomic mass is 32.1. The van der Waals surface area contributed by atoms with Crippen LogP contribution >= 0.6 is 11.3 Å². The first-order valence-corrected chi connectivity index (χ1v) is 8.75. The molecule has 2 heterocycles. The molecule has 0 fully saturated rings. The van der Waals surface area contributed by atoms with Crippen molar-refractivity contribution in [1.29, 1.82) is 0 Å². The summed E-state index contributed by atoms with van der Waals surface area (Å²) in [5.41, 5.74) is 3.41. The molecule has 1 aliphatic heterocycles. The third-order valence-corrected chi connectivity index (χ3v) is 5.08. The van der Waals surface area contributed by atoms with E-state index in [2.05, 4.69) is 10.3 Å². The SMILES string of the molecule is COc1ccccc1-c1nc(-c2cc3c(cc2F)NC(=O)CC3)cs1. The zero-order valence-corrected chi connectivity index (χ0v) is 14.3. The van der Waals surface area contributed by atoms with Crippen molar-refractivity contribution in [2.75, 3.05) is 12.4 Å². The van der Waals surface area contributed by atoms with E-state index in [-0.39, 0.29) is 5.91 Å². The van der Waals surface area contributed by atoms with E-state index in [4.69, 9.17) is 4.74 Å². The summed E-state index contributed by atoms with van der Waals surface area (Å²) in [7, 11) is 1.62. The van der Waals surface area contributed by atoms with Crippen LogP contribution in [0.1, 0.15) is 12.0 Å². The molecule has 0 saturated heterocycles. The minimum absolute atomic E-state index is 0.0771. The predicted molar refractivity (Wildman–Crippen MR) is 96.4 cm³/mol. The molecule has 2 aromatic carbocycles. The lowest BCUT2D eigenvalue weighted by molar-refractivity contribution is -0.116. The van der Waals surface area contributed by atoms with E-state index in [9.17, 15) is 9.18 Å². The van der Waals surface area contributed by atoms with Crippen LogP contribution in [0.3, 0.4) is 0 Å². The van der Waals surface area contributed by atoms with Gasteiger partial charge in [-0.05, 0) is 36.2 Å². The largest absolute Gasteiger partial charge is 0.496 e. The zero-order chi connectivity index (χ0) is 17.4. The second-order valence-electron chi connectivity index (χ2n) is 5.78. The summed E-state index contributed by atoms with van der Waals surface area (Å²) < 4.78 is 19.9. The number of ether oxygens (including phenoxy) is 1. The van der Waals surface area contributed by atoms with Crippen molar-refractivity contribution in [3.63, 3.8) is 0 Å². The Bertz CT molecular complexity index is 968. The normalized spacial score (nSPS) is 13.3. The summed E-state index contributed by atoms with van der Waals surface area (Å²) in [6.45, 7) is 0. The lowest BCUT2D eigenvalue weighted by Gasteiger charge is -2.17. The number of amides is 1. The summed E-state index contributed by atoms with van der Waals surface area (Å²) in [5.74, 6) is 0.265. The van der Waals surface area contributed by atoms with Gasteiger partial charge in [0.2, 0.25) is 5.91 Å². The Labute approximate surface area is 148 Å². The maximum Gasteiger partial charge on any atom is 0.224 e. The van der Waals surface area contributed by atoms with E-state index >= 15 is 0 Å². The molecule has 1 amide bonds. The predicted octanol–water partition coefficient (Wildman–Crippen LogP) is 4.51. The average Bonchev–Trinajstić information content (AvgIpc) is 3.10. The molecule has 3 aromatic rings. The highest BCUT2D eigenvalue weighted by molar-refractivity contribution is 7.13. The monoisotopic (exact) mass is 354 g/mol. The molecule has 0 aliphatic carbocycles. The fourth-order valence-corrected chi connectivity index (χ4v) is 3.79. The van der Waals surface area contributed by atoms with Crippen molar-refractivity contribution in [2.24, 2.45) is 0 Å². The first kappa shape index (κ1) is 15.8. The number of methoxy groups -OCH3 is 1. The molecular formula is C19H15FN2O2S. The third kappa shape index (κ3) is 2.89. The van der Waals surface area contributed by atoms with Gasteiger partial charge >= 0.3 is 0 Å². The number of nitrogens with one attached hydrogen (secondary N) is 1. The Morgan fingerprint density at radius 3 is 2.88 bits per heavy atom. The lowest BCUT2D eigenvalue weighted by atomic mass is 9.99. The topological polar surface area (TPSA) is 51.2 Å². The second kappa shape index (κ2) is 6.29. The molecule has 0 saturated carbocycles. The lowest BCUT2D eigenvalue weighted by Crippen LogP contribution is -2.19. The van der Waals surface area contributed by atoms with Crippen LogP contribution in [-0.2, 0) is 11.2 Å². The minimum atomic E-state index is -0.391. The molecule has 1 aromatic heterocycles. The van der Waals surface area contributed by atoms with Gasteiger partial charge in [-0.25, -0.2) is 9.37 Å². The van der Waals surface area contributed by atoms with Gasteiger partial charge in [-0.1, -0.05) is 12.1 Å². The van der Waals surface area contributed by atoms with Crippen LogP contribution < -0.4 is 10.1 Å². The van der Waals surface area contributed by atoms with E-state index in [1.54, 1.807) is 13.2 Å². The van der Waals surface area contributed by atoms with Crippen molar-refractivity contribution in [3.8, 4) is 27.6 Å².